The van der Waals surface area contributed by atoms with Gasteiger partial charge < -0.3 is 24.5 Å². The molecule has 0 saturated heterocycles. The first-order chi connectivity index (χ1) is 15.4. The summed E-state index contributed by atoms with van der Waals surface area (Å²) in [5, 5.41) is 0. The maximum absolute atomic E-state index is 13.6. The lowest BCUT2D eigenvalue weighted by Gasteiger charge is -2.14. The fourth-order valence-electron chi connectivity index (χ4n) is 4.04. The Morgan fingerprint density at radius 3 is 2.53 bits per heavy atom. The summed E-state index contributed by atoms with van der Waals surface area (Å²) in [6.07, 6.45) is 0.436. The third kappa shape index (κ3) is 4.03. The second-order valence-corrected chi connectivity index (χ2v) is 7.50. The molecule has 8 heteroatoms. The van der Waals surface area contributed by atoms with Gasteiger partial charge in [-0.1, -0.05) is 18.2 Å². The number of hydrogen-bond donors (Lipinski definition) is 1. The number of nitrogens with two attached hydrogens (primary N) is 1. The van der Waals surface area contributed by atoms with Crippen molar-refractivity contribution < 1.29 is 28.2 Å². The van der Waals surface area contributed by atoms with Crippen LogP contribution in [0.1, 0.15) is 33.7 Å². The van der Waals surface area contributed by atoms with Crippen molar-refractivity contribution in [1.82, 2.24) is 4.57 Å². The monoisotopic (exact) mass is 438 g/mol. The smallest absolute Gasteiger partial charge is 0.305 e. The van der Waals surface area contributed by atoms with E-state index in [4.69, 9.17) is 19.9 Å². The molecule has 0 saturated carbocycles. The summed E-state index contributed by atoms with van der Waals surface area (Å²) in [5.74, 6) is -0.0252. The van der Waals surface area contributed by atoms with Gasteiger partial charge in [0.05, 0.1) is 19.1 Å². The summed E-state index contributed by atoms with van der Waals surface area (Å²) in [4.78, 5) is 24.4. The van der Waals surface area contributed by atoms with E-state index in [9.17, 15) is 14.0 Å². The fourth-order valence-corrected chi connectivity index (χ4v) is 4.04. The zero-order valence-corrected chi connectivity index (χ0v) is 17.8. The van der Waals surface area contributed by atoms with Crippen LogP contribution in [0.15, 0.2) is 42.5 Å². The van der Waals surface area contributed by atoms with Crippen LogP contribution in [-0.4, -0.2) is 30.3 Å². The Kier molecular flexibility index (Phi) is 5.85. The van der Waals surface area contributed by atoms with E-state index in [2.05, 4.69) is 0 Å². The van der Waals surface area contributed by atoms with Crippen LogP contribution in [0.3, 0.4) is 0 Å². The number of rotatable bonds is 7. The number of nitrogens with zero attached hydrogens (tertiary/aromatic N) is 1. The largest absolute Gasteiger partial charge is 0.469 e. The zero-order valence-electron chi connectivity index (χ0n) is 17.8. The molecule has 32 heavy (non-hydrogen) atoms. The summed E-state index contributed by atoms with van der Waals surface area (Å²) in [7, 11) is 1.33. The highest BCUT2D eigenvalue weighted by Crippen LogP contribution is 2.36. The summed E-state index contributed by atoms with van der Waals surface area (Å²) in [6.45, 7) is 2.40. The lowest BCUT2D eigenvalue weighted by atomic mass is 9.98. The lowest BCUT2D eigenvalue weighted by Crippen LogP contribution is -2.13. The molecule has 3 aromatic rings. The quantitative estimate of drug-likeness (QED) is 0.569. The summed E-state index contributed by atoms with van der Waals surface area (Å²) in [6, 6.07) is 11.5. The number of esters is 1. The highest BCUT2D eigenvalue weighted by molar-refractivity contribution is 6.02. The molecule has 4 rings (SSSR count). The maximum Gasteiger partial charge on any atom is 0.305 e. The average molecular weight is 438 g/mol. The number of halogens is 1. The van der Waals surface area contributed by atoms with Crippen molar-refractivity contribution in [1.29, 1.82) is 0 Å². The first kappa shape index (κ1) is 21.4. The third-order valence-electron chi connectivity index (χ3n) is 5.58. The third-order valence-corrected chi connectivity index (χ3v) is 5.58. The van der Waals surface area contributed by atoms with Gasteiger partial charge in [-0.2, -0.15) is 0 Å². The highest BCUT2D eigenvalue weighted by atomic mass is 19.1. The van der Waals surface area contributed by atoms with Crippen LogP contribution in [0, 0.1) is 12.7 Å². The van der Waals surface area contributed by atoms with E-state index in [-0.39, 0.29) is 25.0 Å². The Balaban J connectivity index is 1.85. The van der Waals surface area contributed by atoms with Gasteiger partial charge in [0.15, 0.2) is 11.5 Å². The second kappa shape index (κ2) is 8.74. The highest BCUT2D eigenvalue weighted by Gasteiger charge is 2.26. The van der Waals surface area contributed by atoms with E-state index >= 15 is 0 Å². The number of aromatic nitrogens is 1. The molecule has 7 nitrogen and oxygen atoms in total. The van der Waals surface area contributed by atoms with Crippen LogP contribution in [0.25, 0.3) is 11.1 Å². The summed E-state index contributed by atoms with van der Waals surface area (Å²) < 4.78 is 31.2. The van der Waals surface area contributed by atoms with Gasteiger partial charge in [-0.25, -0.2) is 4.39 Å². The number of carbonyl (C=O) groups is 2. The predicted octanol–water partition coefficient (Wildman–Crippen LogP) is 3.58. The number of amides is 1. The Morgan fingerprint density at radius 1 is 1.12 bits per heavy atom. The van der Waals surface area contributed by atoms with Crippen molar-refractivity contribution in [3.05, 3.63) is 70.8 Å². The maximum atomic E-state index is 13.6. The van der Waals surface area contributed by atoms with E-state index < -0.39 is 5.91 Å². The molecule has 1 aromatic heterocycles. The number of benzene rings is 2. The first-order valence-corrected chi connectivity index (χ1v) is 10.1. The average Bonchev–Trinajstić information content (AvgIpc) is 3.35. The van der Waals surface area contributed by atoms with Gasteiger partial charge in [0, 0.05) is 23.5 Å². The minimum Gasteiger partial charge on any atom is -0.469 e. The van der Waals surface area contributed by atoms with Crippen LogP contribution in [-0.2, 0) is 22.5 Å². The van der Waals surface area contributed by atoms with Crippen LogP contribution in [0.2, 0.25) is 0 Å². The lowest BCUT2D eigenvalue weighted by molar-refractivity contribution is -0.140. The fraction of sp³-hybridized carbons (Fsp3) is 0.250. The minimum atomic E-state index is -0.592. The molecule has 2 aromatic carbocycles. The second-order valence-electron chi connectivity index (χ2n) is 7.50. The molecule has 1 aliphatic heterocycles. The van der Waals surface area contributed by atoms with Crippen LogP contribution >= 0.6 is 0 Å². The Morgan fingerprint density at radius 2 is 1.84 bits per heavy atom. The van der Waals surface area contributed by atoms with E-state index in [1.54, 1.807) is 12.1 Å². The molecule has 0 atom stereocenters. The molecule has 166 valence electrons. The van der Waals surface area contributed by atoms with Gasteiger partial charge in [-0.3, -0.25) is 9.59 Å². The predicted molar refractivity (Wildman–Crippen MR) is 115 cm³/mol. The molecule has 0 unspecified atom stereocenters. The minimum absolute atomic E-state index is 0.119. The van der Waals surface area contributed by atoms with Gasteiger partial charge in [0.2, 0.25) is 6.79 Å². The van der Waals surface area contributed by atoms with Crippen molar-refractivity contribution in [2.24, 2.45) is 5.73 Å². The Labute approximate surface area is 184 Å². The topological polar surface area (TPSA) is 92.8 Å². The normalized spacial score (nSPS) is 12.1. The molecule has 0 spiro atoms. The van der Waals surface area contributed by atoms with Crippen molar-refractivity contribution in [3.63, 3.8) is 0 Å². The van der Waals surface area contributed by atoms with Crippen molar-refractivity contribution >= 4 is 11.9 Å². The van der Waals surface area contributed by atoms with Gasteiger partial charge >= 0.3 is 5.97 Å². The van der Waals surface area contributed by atoms with E-state index in [0.717, 1.165) is 11.3 Å². The zero-order chi connectivity index (χ0) is 22.8. The van der Waals surface area contributed by atoms with Crippen LogP contribution in [0.4, 0.5) is 4.39 Å². The number of fused-ring (bicyclic) bond motifs is 1. The molecule has 1 aliphatic rings. The van der Waals surface area contributed by atoms with E-state index in [1.165, 1.54) is 19.2 Å². The van der Waals surface area contributed by atoms with E-state index in [1.807, 2.05) is 29.7 Å². The van der Waals surface area contributed by atoms with Crippen molar-refractivity contribution in [2.45, 2.75) is 26.3 Å². The first-order valence-electron chi connectivity index (χ1n) is 10.1. The molecule has 2 heterocycles. The molecular weight excluding hydrogens is 415 g/mol. The van der Waals surface area contributed by atoms with Gasteiger partial charge in [-0.15, -0.1) is 0 Å². The SMILES string of the molecule is COC(=O)CCc1c(-c2ccc(F)cc2)c(C(N)=O)c(C)n1Cc1ccc2c(c1)OCO2. The number of carbonyl (C=O) groups excluding carboxylic acids is 2. The number of hydrogen-bond acceptors (Lipinski definition) is 5. The van der Waals surface area contributed by atoms with Gasteiger partial charge in [0.1, 0.15) is 5.82 Å². The Hall–Kier alpha value is -3.81. The van der Waals surface area contributed by atoms with Gasteiger partial charge in [-0.05, 0) is 48.7 Å². The molecule has 2 N–H and O–H groups in total. The summed E-state index contributed by atoms with van der Waals surface area (Å²) >= 11 is 0. The number of ether oxygens (including phenoxy) is 3. The van der Waals surface area contributed by atoms with Gasteiger partial charge in [0.25, 0.3) is 5.91 Å². The number of primary amides is 1. The standard InChI is InChI=1S/C24H23FN2O5/c1-14-22(24(26)29)23(16-4-6-17(25)7-5-16)18(8-10-21(28)30-2)27(14)12-15-3-9-19-20(11-15)32-13-31-19/h3-7,9,11H,8,10,12-13H2,1-2H3,(H2,26,29). The molecule has 1 amide bonds. The molecule has 0 fully saturated rings. The number of methoxy groups -OCH3 is 1. The van der Waals surface area contributed by atoms with Crippen molar-refractivity contribution in [3.8, 4) is 22.6 Å². The summed E-state index contributed by atoms with van der Waals surface area (Å²) in [5.41, 5.74) is 9.67. The Bertz CT molecular complexity index is 1180. The van der Waals surface area contributed by atoms with Crippen molar-refractivity contribution in [2.75, 3.05) is 13.9 Å². The molecule has 0 radical (unpaired) electrons. The molecule has 0 bridgehead atoms. The van der Waals surface area contributed by atoms with Crippen LogP contribution < -0.4 is 15.2 Å². The molecular formula is C24H23FN2O5. The van der Waals surface area contributed by atoms with Crippen LogP contribution in [0.5, 0.6) is 11.5 Å². The molecule has 0 aliphatic carbocycles. The van der Waals surface area contributed by atoms with E-state index in [0.29, 0.717) is 46.8 Å².